The van der Waals surface area contributed by atoms with E-state index in [0.717, 1.165) is 0 Å². The lowest BCUT2D eigenvalue weighted by Crippen LogP contribution is -2.22. The van der Waals surface area contributed by atoms with Gasteiger partial charge >= 0.3 is 0 Å². The highest BCUT2D eigenvalue weighted by atomic mass is 19.1. The van der Waals surface area contributed by atoms with Crippen molar-refractivity contribution in [3.63, 3.8) is 0 Å². The van der Waals surface area contributed by atoms with Crippen molar-refractivity contribution in [1.29, 1.82) is 0 Å². The lowest BCUT2D eigenvalue weighted by Gasteiger charge is -2.19. The lowest BCUT2D eigenvalue weighted by molar-refractivity contribution is 0.103. The van der Waals surface area contributed by atoms with Crippen LogP contribution >= 0.6 is 0 Å². The number of hydrogen-bond acceptors (Lipinski definition) is 3. The van der Waals surface area contributed by atoms with E-state index in [1.165, 1.54) is 24.3 Å². The van der Waals surface area contributed by atoms with E-state index in [4.69, 9.17) is 0 Å². The van der Waals surface area contributed by atoms with Gasteiger partial charge in [0.25, 0.3) is 0 Å². The van der Waals surface area contributed by atoms with Gasteiger partial charge in [0, 0.05) is 11.1 Å². The molecule has 0 aromatic heterocycles. The van der Waals surface area contributed by atoms with Crippen LogP contribution in [0.4, 0.5) is 20.2 Å². The first kappa shape index (κ1) is 16.8. The third-order valence-electron chi connectivity index (χ3n) is 4.21. The number of hydrogen-bond donors (Lipinski definition) is 1. The normalized spacial score (nSPS) is 14.7. The molecule has 0 saturated carbocycles. The molecular formula is C22H14F2N2O. The van der Waals surface area contributed by atoms with Gasteiger partial charge in [0.15, 0.2) is 0 Å². The fraction of sp³-hybridized carbons (Fsp3) is 0. The fourth-order valence-electron chi connectivity index (χ4n) is 2.89. The maximum absolute atomic E-state index is 14.0. The number of carbonyl (C=O) groups excluding carboxylic acids is 1. The molecule has 0 aliphatic heterocycles. The number of rotatable bonds is 3. The molecule has 0 amide bonds. The van der Waals surface area contributed by atoms with Crippen LogP contribution in [0.3, 0.4) is 0 Å². The van der Waals surface area contributed by atoms with Gasteiger partial charge in [-0.3, -0.25) is 4.79 Å². The van der Waals surface area contributed by atoms with E-state index in [1.54, 1.807) is 54.6 Å². The average Bonchev–Trinajstić information content (AvgIpc) is 2.69. The first-order valence-corrected chi connectivity index (χ1v) is 8.34. The van der Waals surface area contributed by atoms with Gasteiger partial charge in [-0.1, -0.05) is 48.5 Å². The minimum atomic E-state index is -0.474. The van der Waals surface area contributed by atoms with Crippen molar-refractivity contribution >= 4 is 22.9 Å². The molecule has 0 spiro atoms. The summed E-state index contributed by atoms with van der Waals surface area (Å²) >= 11 is 0. The highest BCUT2D eigenvalue weighted by molar-refractivity contribution is 6.27. The number of nitrogens with zero attached hydrogens (tertiary/aromatic N) is 1. The van der Waals surface area contributed by atoms with Crippen molar-refractivity contribution < 1.29 is 13.6 Å². The second-order valence-corrected chi connectivity index (χ2v) is 5.99. The number of anilines is 1. The summed E-state index contributed by atoms with van der Waals surface area (Å²) < 4.78 is 28.0. The Balaban J connectivity index is 1.83. The van der Waals surface area contributed by atoms with E-state index < -0.39 is 11.6 Å². The molecule has 27 heavy (non-hydrogen) atoms. The summed E-state index contributed by atoms with van der Waals surface area (Å²) in [5.41, 5.74) is 1.97. The maximum Gasteiger partial charge on any atom is 0.209 e. The second-order valence-electron chi connectivity index (χ2n) is 5.99. The van der Waals surface area contributed by atoms with Crippen molar-refractivity contribution in [3.05, 3.63) is 107 Å². The molecule has 1 N–H and O–H groups in total. The first-order chi connectivity index (χ1) is 13.1. The zero-order chi connectivity index (χ0) is 18.8. The van der Waals surface area contributed by atoms with Gasteiger partial charge in [-0.15, -0.1) is 0 Å². The Morgan fingerprint density at radius 1 is 0.741 bits per heavy atom. The molecule has 3 aromatic rings. The molecule has 5 heteroatoms. The van der Waals surface area contributed by atoms with E-state index in [1.807, 2.05) is 0 Å². The van der Waals surface area contributed by atoms with Crippen LogP contribution in [-0.2, 0) is 0 Å². The van der Waals surface area contributed by atoms with Crippen LogP contribution in [0.2, 0.25) is 0 Å². The molecule has 0 bridgehead atoms. The largest absolute Gasteiger partial charge is 0.350 e. The minimum absolute atomic E-state index is 0.165. The predicted molar refractivity (Wildman–Crippen MR) is 101 cm³/mol. The van der Waals surface area contributed by atoms with Crippen molar-refractivity contribution in [2.75, 3.05) is 5.32 Å². The monoisotopic (exact) mass is 360 g/mol. The molecule has 3 aromatic carbocycles. The number of allylic oxidation sites excluding steroid dienone is 2. The predicted octanol–water partition coefficient (Wildman–Crippen LogP) is 5.28. The van der Waals surface area contributed by atoms with E-state index in [0.29, 0.717) is 16.8 Å². The number of halogens is 2. The van der Waals surface area contributed by atoms with Gasteiger partial charge in [0.2, 0.25) is 5.78 Å². The molecule has 1 aliphatic rings. The zero-order valence-corrected chi connectivity index (χ0v) is 14.1. The fourth-order valence-corrected chi connectivity index (χ4v) is 2.89. The smallest absolute Gasteiger partial charge is 0.209 e. The lowest BCUT2D eigenvalue weighted by atomic mass is 9.92. The van der Waals surface area contributed by atoms with Gasteiger partial charge in [-0.2, -0.15) is 0 Å². The van der Waals surface area contributed by atoms with E-state index in [-0.39, 0.29) is 22.9 Å². The summed E-state index contributed by atoms with van der Waals surface area (Å²) in [6, 6.07) is 19.2. The van der Waals surface area contributed by atoms with Crippen molar-refractivity contribution in [1.82, 2.24) is 0 Å². The molecule has 0 unspecified atom stereocenters. The second kappa shape index (κ2) is 6.96. The van der Waals surface area contributed by atoms with Crippen LogP contribution in [0.25, 0.3) is 0 Å². The molecule has 1 aliphatic carbocycles. The number of benzene rings is 3. The maximum atomic E-state index is 14.0. The van der Waals surface area contributed by atoms with E-state index in [9.17, 15) is 13.6 Å². The zero-order valence-electron chi connectivity index (χ0n) is 14.1. The SMILES string of the molecule is O=C1C(Nc2ccccc2F)=CC(=Nc2ccccc2F)c2ccccc21. The molecular weight excluding hydrogens is 346 g/mol. The highest BCUT2D eigenvalue weighted by Gasteiger charge is 2.25. The number of para-hydroxylation sites is 2. The molecule has 0 radical (unpaired) electrons. The number of Topliss-reactive ketones (excluding diaryl/α,β-unsaturated/α-hetero) is 1. The number of fused-ring (bicyclic) bond motifs is 1. The summed E-state index contributed by atoms with van der Waals surface area (Å²) in [7, 11) is 0. The summed E-state index contributed by atoms with van der Waals surface area (Å²) in [4.78, 5) is 17.2. The molecule has 4 rings (SSSR count). The highest BCUT2D eigenvalue weighted by Crippen LogP contribution is 2.27. The number of aliphatic imine (C=N–C) groups is 1. The Hall–Kier alpha value is -3.60. The van der Waals surface area contributed by atoms with E-state index in [2.05, 4.69) is 10.3 Å². The Labute approximate surface area is 154 Å². The summed E-state index contributed by atoms with van der Waals surface area (Å²) in [6.45, 7) is 0. The molecule has 0 saturated heterocycles. The van der Waals surface area contributed by atoms with Gasteiger partial charge in [0.05, 0.1) is 22.8 Å². The van der Waals surface area contributed by atoms with Gasteiger partial charge < -0.3 is 5.32 Å². The third-order valence-corrected chi connectivity index (χ3v) is 4.21. The van der Waals surface area contributed by atoms with Gasteiger partial charge in [0.1, 0.15) is 11.6 Å². The minimum Gasteiger partial charge on any atom is -0.350 e. The molecule has 0 heterocycles. The average molecular weight is 360 g/mol. The topological polar surface area (TPSA) is 41.5 Å². The summed E-state index contributed by atoms with van der Waals surface area (Å²) in [5.74, 6) is -1.21. The number of ketones is 1. The van der Waals surface area contributed by atoms with Crippen molar-refractivity contribution in [2.24, 2.45) is 4.99 Å². The van der Waals surface area contributed by atoms with Crippen molar-refractivity contribution in [2.45, 2.75) is 0 Å². The van der Waals surface area contributed by atoms with Gasteiger partial charge in [-0.25, -0.2) is 13.8 Å². The Bertz CT molecular complexity index is 1100. The Morgan fingerprint density at radius 3 is 2.11 bits per heavy atom. The standard InChI is InChI=1S/C22H14F2N2O/c23-16-9-3-5-11-18(16)25-20-13-21(26-19-12-6-4-10-17(19)24)22(27)15-8-2-1-7-14(15)20/h1-13,26H. The summed E-state index contributed by atoms with van der Waals surface area (Å²) in [5, 5.41) is 2.83. The van der Waals surface area contributed by atoms with Crippen LogP contribution < -0.4 is 5.32 Å². The number of carbonyl (C=O) groups is 1. The number of nitrogens with one attached hydrogen (secondary N) is 1. The van der Waals surface area contributed by atoms with E-state index >= 15 is 0 Å². The van der Waals surface area contributed by atoms with Crippen LogP contribution in [0, 0.1) is 11.6 Å². The summed E-state index contributed by atoms with van der Waals surface area (Å²) in [6.07, 6.45) is 1.52. The van der Waals surface area contributed by atoms with Gasteiger partial charge in [-0.05, 0) is 30.3 Å². The molecule has 0 fully saturated rings. The van der Waals surface area contributed by atoms with Crippen LogP contribution in [0.15, 0.2) is 89.6 Å². The quantitative estimate of drug-likeness (QED) is 0.691. The Kier molecular flexibility index (Phi) is 4.34. The first-order valence-electron chi connectivity index (χ1n) is 8.34. The Morgan fingerprint density at radius 2 is 1.37 bits per heavy atom. The van der Waals surface area contributed by atoms with Crippen LogP contribution in [-0.4, -0.2) is 11.5 Å². The van der Waals surface area contributed by atoms with Crippen LogP contribution in [0.5, 0.6) is 0 Å². The molecule has 0 atom stereocenters. The third kappa shape index (κ3) is 3.27. The van der Waals surface area contributed by atoms with Crippen LogP contribution in [0.1, 0.15) is 15.9 Å². The molecule has 3 nitrogen and oxygen atoms in total. The van der Waals surface area contributed by atoms with Crippen molar-refractivity contribution in [3.8, 4) is 0 Å². The molecule has 132 valence electrons.